The summed E-state index contributed by atoms with van der Waals surface area (Å²) in [4.78, 5) is 2.10. The maximum atomic E-state index is 12.4. The van der Waals surface area contributed by atoms with E-state index >= 15 is 0 Å². The third kappa shape index (κ3) is 5.41. The average Bonchev–Trinajstić information content (AvgIpc) is 2.42. The van der Waals surface area contributed by atoms with Crippen LogP contribution in [-0.4, -0.2) is 37.7 Å². The molecule has 3 nitrogen and oxygen atoms in total. The second-order valence-electron chi connectivity index (χ2n) is 5.47. The van der Waals surface area contributed by atoms with E-state index in [4.69, 9.17) is 11.6 Å². The van der Waals surface area contributed by atoms with Gasteiger partial charge in [0.2, 0.25) is 0 Å². The number of rotatable bonds is 6. The first-order valence-electron chi connectivity index (χ1n) is 7.20. The lowest BCUT2D eigenvalue weighted by Crippen LogP contribution is -2.42. The molecule has 0 aliphatic carbocycles. The van der Waals surface area contributed by atoms with Gasteiger partial charge in [-0.2, -0.15) is 8.78 Å². The van der Waals surface area contributed by atoms with Gasteiger partial charge in [-0.1, -0.05) is 18.0 Å². The molecule has 21 heavy (non-hydrogen) atoms. The molecule has 1 N–H and O–H groups in total. The van der Waals surface area contributed by atoms with Crippen LogP contribution >= 0.6 is 11.6 Å². The van der Waals surface area contributed by atoms with Crippen molar-refractivity contribution in [3.63, 3.8) is 0 Å². The van der Waals surface area contributed by atoms with Crippen molar-refractivity contribution >= 4 is 11.6 Å². The summed E-state index contributed by atoms with van der Waals surface area (Å²) in [6.07, 6.45) is 3.61. The van der Waals surface area contributed by atoms with Gasteiger partial charge in [-0.3, -0.25) is 0 Å². The molecule has 1 aliphatic rings. The summed E-state index contributed by atoms with van der Waals surface area (Å²) in [5.74, 6) is 0.192. The van der Waals surface area contributed by atoms with Gasteiger partial charge < -0.3 is 15.0 Å². The lowest BCUT2D eigenvalue weighted by molar-refractivity contribution is -0.0507. The molecule has 1 fully saturated rings. The molecule has 0 amide bonds. The molecule has 0 saturated carbocycles. The van der Waals surface area contributed by atoms with Gasteiger partial charge in [-0.05, 0) is 44.6 Å². The van der Waals surface area contributed by atoms with Gasteiger partial charge >= 0.3 is 6.61 Å². The molecule has 0 bridgehead atoms. The molecule has 1 heterocycles. The van der Waals surface area contributed by atoms with E-state index in [1.54, 1.807) is 12.1 Å². The third-order valence-electron chi connectivity index (χ3n) is 3.62. The first-order chi connectivity index (χ1) is 10.0. The number of nitrogens with one attached hydrogen (secondary N) is 1. The van der Waals surface area contributed by atoms with Crippen LogP contribution in [-0.2, 0) is 6.54 Å². The molecule has 1 unspecified atom stereocenters. The molecule has 2 rings (SSSR count). The summed E-state index contributed by atoms with van der Waals surface area (Å²) >= 11 is 5.95. The minimum atomic E-state index is -2.82. The number of hydrogen-bond acceptors (Lipinski definition) is 3. The molecule has 1 aromatic carbocycles. The van der Waals surface area contributed by atoms with Gasteiger partial charge in [0.25, 0.3) is 0 Å². The SMILES string of the molecule is CN(Cc1cc(Cl)ccc1OC(F)F)CC1CCCCN1. The number of ether oxygens (including phenoxy) is 1. The fourth-order valence-electron chi connectivity index (χ4n) is 2.69. The highest BCUT2D eigenvalue weighted by atomic mass is 35.5. The molecule has 118 valence electrons. The number of benzene rings is 1. The van der Waals surface area contributed by atoms with Crippen LogP contribution in [0.2, 0.25) is 5.02 Å². The minimum absolute atomic E-state index is 0.192. The second-order valence-corrected chi connectivity index (χ2v) is 5.91. The van der Waals surface area contributed by atoms with E-state index in [9.17, 15) is 8.78 Å². The van der Waals surface area contributed by atoms with Crippen LogP contribution in [0.15, 0.2) is 18.2 Å². The Morgan fingerprint density at radius 1 is 1.43 bits per heavy atom. The number of hydrogen-bond donors (Lipinski definition) is 1. The summed E-state index contributed by atoms with van der Waals surface area (Å²) < 4.78 is 29.4. The van der Waals surface area contributed by atoms with Crippen LogP contribution in [0, 0.1) is 0 Å². The van der Waals surface area contributed by atoms with Crippen molar-refractivity contribution in [2.24, 2.45) is 0 Å². The van der Waals surface area contributed by atoms with Crippen molar-refractivity contribution in [3.05, 3.63) is 28.8 Å². The molecule has 1 aliphatic heterocycles. The van der Waals surface area contributed by atoms with E-state index in [1.165, 1.54) is 18.9 Å². The Morgan fingerprint density at radius 2 is 2.24 bits per heavy atom. The molecule has 1 atom stereocenters. The van der Waals surface area contributed by atoms with Crippen molar-refractivity contribution in [2.75, 3.05) is 20.1 Å². The maximum absolute atomic E-state index is 12.4. The lowest BCUT2D eigenvalue weighted by Gasteiger charge is -2.28. The van der Waals surface area contributed by atoms with Crippen LogP contribution in [0.3, 0.4) is 0 Å². The molecule has 1 saturated heterocycles. The Morgan fingerprint density at radius 3 is 2.90 bits per heavy atom. The van der Waals surface area contributed by atoms with Crippen molar-refractivity contribution < 1.29 is 13.5 Å². The highest BCUT2D eigenvalue weighted by Crippen LogP contribution is 2.25. The fourth-order valence-corrected chi connectivity index (χ4v) is 2.89. The van der Waals surface area contributed by atoms with Gasteiger partial charge in [-0.15, -0.1) is 0 Å². The summed E-state index contributed by atoms with van der Waals surface area (Å²) in [5.41, 5.74) is 0.682. The van der Waals surface area contributed by atoms with Crippen molar-refractivity contribution in [1.82, 2.24) is 10.2 Å². The van der Waals surface area contributed by atoms with Crippen molar-refractivity contribution in [2.45, 2.75) is 38.5 Å². The zero-order valence-corrected chi connectivity index (χ0v) is 12.9. The van der Waals surface area contributed by atoms with E-state index in [0.29, 0.717) is 23.2 Å². The molecular formula is C15H21ClF2N2O. The summed E-state index contributed by atoms with van der Waals surface area (Å²) in [5, 5.41) is 4.00. The first kappa shape index (κ1) is 16.5. The molecule has 0 radical (unpaired) electrons. The van der Waals surface area contributed by atoms with Crippen LogP contribution in [0.5, 0.6) is 5.75 Å². The summed E-state index contributed by atoms with van der Waals surface area (Å²) in [6.45, 7) is -0.369. The van der Waals surface area contributed by atoms with Crippen LogP contribution in [0.1, 0.15) is 24.8 Å². The number of piperidine rings is 1. The topological polar surface area (TPSA) is 24.5 Å². The van der Waals surface area contributed by atoms with Crippen molar-refractivity contribution in [3.8, 4) is 5.75 Å². The number of nitrogens with zero attached hydrogens (tertiary/aromatic N) is 1. The van der Waals surface area contributed by atoms with Gasteiger partial charge in [0, 0.05) is 29.7 Å². The third-order valence-corrected chi connectivity index (χ3v) is 3.86. The molecule has 1 aromatic rings. The largest absolute Gasteiger partial charge is 0.434 e. The molecule has 6 heteroatoms. The fraction of sp³-hybridized carbons (Fsp3) is 0.600. The van der Waals surface area contributed by atoms with E-state index in [1.807, 2.05) is 7.05 Å². The van der Waals surface area contributed by atoms with Crippen LogP contribution < -0.4 is 10.1 Å². The van der Waals surface area contributed by atoms with Gasteiger partial charge in [0.15, 0.2) is 0 Å². The zero-order chi connectivity index (χ0) is 15.2. The quantitative estimate of drug-likeness (QED) is 0.868. The number of alkyl halides is 2. The minimum Gasteiger partial charge on any atom is -0.434 e. The number of likely N-dealkylation sites (N-methyl/N-ethyl adjacent to an activating group) is 1. The van der Waals surface area contributed by atoms with Gasteiger partial charge in [0.05, 0.1) is 0 Å². The van der Waals surface area contributed by atoms with Gasteiger partial charge in [-0.25, -0.2) is 0 Å². The van der Waals surface area contributed by atoms with E-state index in [0.717, 1.165) is 19.5 Å². The lowest BCUT2D eigenvalue weighted by atomic mass is 10.0. The smallest absolute Gasteiger partial charge is 0.387 e. The highest BCUT2D eigenvalue weighted by molar-refractivity contribution is 6.30. The standard InChI is InChI=1S/C15H21ClF2N2O/c1-20(10-13-4-2-3-7-19-13)9-11-8-12(16)5-6-14(11)21-15(17)18/h5-6,8,13,15,19H,2-4,7,9-10H2,1H3. The summed E-state index contributed by atoms with van der Waals surface area (Å²) in [7, 11) is 1.98. The zero-order valence-electron chi connectivity index (χ0n) is 12.1. The second kappa shape index (κ2) is 7.92. The number of halogens is 3. The normalized spacial score (nSPS) is 19.2. The van der Waals surface area contributed by atoms with Crippen LogP contribution in [0.4, 0.5) is 8.78 Å². The Balaban J connectivity index is 1.98. The Bertz CT molecular complexity index is 453. The van der Waals surface area contributed by atoms with Crippen LogP contribution in [0.25, 0.3) is 0 Å². The summed E-state index contributed by atoms with van der Waals surface area (Å²) in [6, 6.07) is 5.20. The average molecular weight is 319 g/mol. The van der Waals surface area contributed by atoms with E-state index in [-0.39, 0.29) is 5.75 Å². The predicted octanol–water partition coefficient (Wildman–Crippen LogP) is 3.52. The molecule has 0 spiro atoms. The first-order valence-corrected chi connectivity index (χ1v) is 7.57. The highest BCUT2D eigenvalue weighted by Gasteiger charge is 2.17. The molecular weight excluding hydrogens is 298 g/mol. The monoisotopic (exact) mass is 318 g/mol. The maximum Gasteiger partial charge on any atom is 0.387 e. The Kier molecular flexibility index (Phi) is 6.21. The predicted molar refractivity (Wildman–Crippen MR) is 80.1 cm³/mol. The Hall–Kier alpha value is -0.910. The Labute approximate surface area is 129 Å². The molecule has 0 aromatic heterocycles. The van der Waals surface area contributed by atoms with E-state index in [2.05, 4.69) is 15.0 Å². The van der Waals surface area contributed by atoms with E-state index < -0.39 is 6.61 Å². The van der Waals surface area contributed by atoms with Gasteiger partial charge in [0.1, 0.15) is 5.75 Å². The van der Waals surface area contributed by atoms with Crippen molar-refractivity contribution in [1.29, 1.82) is 0 Å².